The molecule has 0 aromatic carbocycles. The van der Waals surface area contributed by atoms with Crippen LogP contribution in [-0.2, 0) is 28.6 Å². The van der Waals surface area contributed by atoms with Gasteiger partial charge in [0, 0.05) is 19.3 Å². The zero-order valence-electron chi connectivity index (χ0n) is 53.9. The van der Waals surface area contributed by atoms with Crippen LogP contribution in [0, 0.1) is 0 Å². The normalized spacial score (nSPS) is 12.3. The Hall–Kier alpha value is -2.63. The molecule has 0 bridgehead atoms. The van der Waals surface area contributed by atoms with Gasteiger partial charge in [0.1, 0.15) is 13.2 Å². The van der Waals surface area contributed by atoms with E-state index in [9.17, 15) is 14.4 Å². The Morgan fingerprint density at radius 2 is 0.487 bits per heavy atom. The van der Waals surface area contributed by atoms with Gasteiger partial charge >= 0.3 is 17.9 Å². The molecule has 468 valence electrons. The lowest BCUT2D eigenvalue weighted by Gasteiger charge is -2.18. The largest absolute Gasteiger partial charge is 0.462 e. The van der Waals surface area contributed by atoms with Gasteiger partial charge in [0.2, 0.25) is 0 Å². The molecule has 0 saturated carbocycles. The van der Waals surface area contributed by atoms with E-state index in [0.717, 1.165) is 83.5 Å². The van der Waals surface area contributed by atoms with Crippen molar-refractivity contribution in [2.45, 2.75) is 393 Å². The molecule has 0 heterocycles. The summed E-state index contributed by atoms with van der Waals surface area (Å²) in [7, 11) is 0. The minimum Gasteiger partial charge on any atom is -0.462 e. The fourth-order valence-corrected chi connectivity index (χ4v) is 10.8. The van der Waals surface area contributed by atoms with Gasteiger partial charge in [-0.15, -0.1) is 0 Å². The van der Waals surface area contributed by atoms with Gasteiger partial charge in [-0.1, -0.05) is 358 Å². The average molecular weight is 1120 g/mol. The van der Waals surface area contributed by atoms with Gasteiger partial charge in [0.15, 0.2) is 6.10 Å². The number of allylic oxidation sites excluding steroid dienone is 8. The Kier molecular flexibility index (Phi) is 66.6. The van der Waals surface area contributed by atoms with Gasteiger partial charge < -0.3 is 14.2 Å². The van der Waals surface area contributed by atoms with E-state index in [4.69, 9.17) is 14.2 Å². The maximum absolute atomic E-state index is 13.0. The third-order valence-electron chi connectivity index (χ3n) is 16.1. The topological polar surface area (TPSA) is 78.9 Å². The van der Waals surface area contributed by atoms with E-state index < -0.39 is 6.10 Å². The smallest absolute Gasteiger partial charge is 0.306 e. The van der Waals surface area contributed by atoms with Crippen molar-refractivity contribution in [3.63, 3.8) is 0 Å². The van der Waals surface area contributed by atoms with Crippen molar-refractivity contribution in [1.29, 1.82) is 0 Å². The van der Waals surface area contributed by atoms with E-state index in [1.165, 1.54) is 263 Å². The van der Waals surface area contributed by atoms with Gasteiger partial charge in [-0.25, -0.2) is 0 Å². The summed E-state index contributed by atoms with van der Waals surface area (Å²) in [4.78, 5) is 38.5. The van der Waals surface area contributed by atoms with Crippen molar-refractivity contribution >= 4 is 17.9 Å². The van der Waals surface area contributed by atoms with E-state index in [1.54, 1.807) is 0 Å². The molecule has 0 aliphatic heterocycles. The second-order valence-electron chi connectivity index (χ2n) is 24.1. The zero-order chi connectivity index (χ0) is 57.8. The SMILES string of the molecule is CC/C=C\C/C=C\C/C=C\C/C=C\CCCCCCCCCCCCC(=O)OC(COC(=O)CCCCCCCCCCCCCCCC)COC(=O)CCCCCCCCCCCCCCCCCCCCCCCCCCC. The van der Waals surface area contributed by atoms with E-state index in [2.05, 4.69) is 69.4 Å². The summed E-state index contributed by atoms with van der Waals surface area (Å²) in [6, 6.07) is 0. The first-order chi connectivity index (χ1) is 39.5. The molecule has 0 rings (SSSR count). The second kappa shape index (κ2) is 68.9. The van der Waals surface area contributed by atoms with Crippen LogP contribution in [0.2, 0.25) is 0 Å². The highest BCUT2D eigenvalue weighted by molar-refractivity contribution is 5.71. The summed E-state index contributed by atoms with van der Waals surface area (Å²) in [5.74, 6) is -0.844. The van der Waals surface area contributed by atoms with Crippen LogP contribution in [-0.4, -0.2) is 37.2 Å². The number of carbonyl (C=O) groups is 3. The molecule has 0 amide bonds. The lowest BCUT2D eigenvalue weighted by Crippen LogP contribution is -2.30. The molecule has 80 heavy (non-hydrogen) atoms. The Morgan fingerprint density at radius 3 is 0.762 bits per heavy atom. The van der Waals surface area contributed by atoms with Gasteiger partial charge in [-0.3, -0.25) is 14.4 Å². The lowest BCUT2D eigenvalue weighted by atomic mass is 10.0. The molecule has 0 N–H and O–H groups in total. The minimum atomic E-state index is -0.773. The maximum Gasteiger partial charge on any atom is 0.306 e. The summed E-state index contributed by atoms with van der Waals surface area (Å²) in [5, 5.41) is 0. The molecular formula is C74H136O6. The Bertz CT molecular complexity index is 1380. The number of unbranched alkanes of at least 4 members (excludes halogenated alkanes) is 47. The molecule has 0 saturated heterocycles. The average Bonchev–Trinajstić information content (AvgIpc) is 3.46. The van der Waals surface area contributed by atoms with E-state index >= 15 is 0 Å². The Morgan fingerprint density at radius 1 is 0.263 bits per heavy atom. The summed E-state index contributed by atoms with van der Waals surface area (Å²) in [6.07, 6.45) is 87.1. The molecule has 0 spiro atoms. The predicted octanol–water partition coefficient (Wildman–Crippen LogP) is 24.5. The van der Waals surface area contributed by atoms with Crippen molar-refractivity contribution < 1.29 is 28.6 Å². The molecule has 6 heteroatoms. The fraction of sp³-hybridized carbons (Fsp3) is 0.851. The third-order valence-corrected chi connectivity index (χ3v) is 16.1. The molecule has 6 nitrogen and oxygen atoms in total. The molecule has 0 radical (unpaired) electrons. The molecule has 1 atom stereocenters. The number of carbonyl (C=O) groups excluding carboxylic acids is 3. The highest BCUT2D eigenvalue weighted by Gasteiger charge is 2.19. The second-order valence-corrected chi connectivity index (χ2v) is 24.1. The van der Waals surface area contributed by atoms with Crippen LogP contribution in [0.3, 0.4) is 0 Å². The number of rotatable bonds is 66. The minimum absolute atomic E-state index is 0.0689. The Balaban J connectivity index is 4.25. The zero-order valence-corrected chi connectivity index (χ0v) is 53.9. The van der Waals surface area contributed by atoms with Crippen LogP contribution in [0.1, 0.15) is 387 Å². The van der Waals surface area contributed by atoms with E-state index in [0.29, 0.717) is 19.3 Å². The predicted molar refractivity (Wildman–Crippen MR) is 349 cm³/mol. The van der Waals surface area contributed by atoms with Crippen LogP contribution in [0.15, 0.2) is 48.6 Å². The van der Waals surface area contributed by atoms with Gasteiger partial charge in [0.25, 0.3) is 0 Å². The van der Waals surface area contributed by atoms with E-state index in [-0.39, 0.29) is 31.1 Å². The first-order valence-electron chi connectivity index (χ1n) is 35.6. The van der Waals surface area contributed by atoms with Crippen molar-refractivity contribution in [3.05, 3.63) is 48.6 Å². The number of esters is 3. The fourth-order valence-electron chi connectivity index (χ4n) is 10.8. The van der Waals surface area contributed by atoms with Crippen molar-refractivity contribution in [3.8, 4) is 0 Å². The van der Waals surface area contributed by atoms with Crippen molar-refractivity contribution in [1.82, 2.24) is 0 Å². The first kappa shape index (κ1) is 77.4. The summed E-state index contributed by atoms with van der Waals surface area (Å²) < 4.78 is 17.0. The highest BCUT2D eigenvalue weighted by atomic mass is 16.6. The highest BCUT2D eigenvalue weighted by Crippen LogP contribution is 2.19. The van der Waals surface area contributed by atoms with Crippen LogP contribution in [0.25, 0.3) is 0 Å². The standard InChI is InChI=1S/C74H136O6/c1-4-7-10-13-16-19-22-25-28-30-32-34-36-37-39-40-42-44-46-49-52-55-58-61-64-67-73(76)79-70-71(69-78-72(75)66-63-60-57-54-51-48-27-24-21-18-15-12-9-6-3)80-74(77)68-65-62-59-56-53-50-47-45-43-41-38-35-33-31-29-26-23-20-17-14-11-8-5-2/h8,11,17,20,26,29,33,35,71H,4-7,9-10,12-16,18-19,21-25,27-28,30-32,34,36-70H2,1-3H3/b11-8-,20-17-,29-26-,35-33-. The van der Waals surface area contributed by atoms with Crippen LogP contribution in [0.4, 0.5) is 0 Å². The molecule has 0 fully saturated rings. The molecule has 1 unspecified atom stereocenters. The van der Waals surface area contributed by atoms with Crippen LogP contribution < -0.4 is 0 Å². The van der Waals surface area contributed by atoms with Crippen LogP contribution in [0.5, 0.6) is 0 Å². The molecule has 0 aromatic heterocycles. The van der Waals surface area contributed by atoms with Crippen LogP contribution >= 0.6 is 0 Å². The first-order valence-corrected chi connectivity index (χ1v) is 35.6. The van der Waals surface area contributed by atoms with Gasteiger partial charge in [-0.05, 0) is 57.8 Å². The lowest BCUT2D eigenvalue weighted by molar-refractivity contribution is -0.167. The quantitative estimate of drug-likeness (QED) is 0.0261. The summed E-state index contributed by atoms with van der Waals surface area (Å²) in [5.41, 5.74) is 0. The maximum atomic E-state index is 13.0. The van der Waals surface area contributed by atoms with Crippen molar-refractivity contribution in [2.24, 2.45) is 0 Å². The van der Waals surface area contributed by atoms with Crippen molar-refractivity contribution in [2.75, 3.05) is 13.2 Å². The Labute approximate surface area is 498 Å². The molecule has 0 aliphatic carbocycles. The third kappa shape index (κ3) is 66.2. The molecule has 0 aliphatic rings. The molecular weight excluding hydrogens is 985 g/mol. The van der Waals surface area contributed by atoms with Gasteiger partial charge in [0.05, 0.1) is 0 Å². The summed E-state index contributed by atoms with van der Waals surface area (Å²) >= 11 is 0. The number of hydrogen-bond acceptors (Lipinski definition) is 6. The molecule has 0 aromatic rings. The monoisotopic (exact) mass is 1120 g/mol. The summed E-state index contributed by atoms with van der Waals surface area (Å²) in [6.45, 7) is 6.60. The van der Waals surface area contributed by atoms with Gasteiger partial charge in [-0.2, -0.15) is 0 Å². The number of ether oxygens (including phenoxy) is 3. The van der Waals surface area contributed by atoms with E-state index in [1.807, 2.05) is 0 Å². The number of hydrogen-bond donors (Lipinski definition) is 0.